The number of fused-ring (bicyclic) bond motifs is 1. The summed E-state index contributed by atoms with van der Waals surface area (Å²) >= 11 is 0. The van der Waals surface area contributed by atoms with Crippen LogP contribution < -0.4 is 31.3 Å². The Balaban J connectivity index is 1.90. The number of para-hydroxylation sites is 1. The Morgan fingerprint density at radius 1 is 0.907 bits per heavy atom. The summed E-state index contributed by atoms with van der Waals surface area (Å²) in [5.74, 6) is -3.06. The Morgan fingerprint density at radius 2 is 1.56 bits per heavy atom. The summed E-state index contributed by atoms with van der Waals surface area (Å²) in [4.78, 5) is 70.6. The highest BCUT2D eigenvalue weighted by molar-refractivity contribution is 6.01. The van der Waals surface area contributed by atoms with Crippen LogP contribution >= 0.6 is 0 Å². The van der Waals surface area contributed by atoms with E-state index in [0.717, 1.165) is 5.69 Å². The standard InChI is InChI=1S/C31H42N6O6/c1-18(2)26-31(42)37-27(19(3)4)30(41)34-20(5)17-43-24-12-7-6-11-22(24)28(39)35-23(16-25(38)36-26)29(40)33-15-13-21-10-8-9-14-32-21/h6-12,14,18-20,23,26-27H,13,15-17H2,1-5H3,(H,33,40)(H,34,41)(H,35,39)(H,36,38)(H,37,42)/t20-,23-,26-,27+/m0/s1. The lowest BCUT2D eigenvalue weighted by Gasteiger charge is -2.28. The van der Waals surface area contributed by atoms with Crippen molar-refractivity contribution >= 4 is 29.5 Å². The molecule has 0 unspecified atom stereocenters. The first-order valence-electron chi connectivity index (χ1n) is 14.6. The number of carbonyl (C=O) groups excluding carboxylic acids is 5. The van der Waals surface area contributed by atoms with E-state index in [1.165, 1.54) is 0 Å². The SMILES string of the molecule is CC(C)[C@@H]1NC(=O)C[C@@H](C(=O)NCCc2ccccn2)NC(=O)c2ccccc2OC[C@H](C)NC(=O)[C@@H](C(C)C)NC1=O. The molecule has 4 atom stereocenters. The molecule has 0 fully saturated rings. The lowest BCUT2D eigenvalue weighted by molar-refractivity contribution is -0.134. The van der Waals surface area contributed by atoms with Crippen LogP contribution in [-0.4, -0.2) is 71.8 Å². The van der Waals surface area contributed by atoms with Gasteiger partial charge in [0.05, 0.1) is 18.0 Å². The number of nitrogens with zero attached hydrogens (tertiary/aromatic N) is 1. The summed E-state index contributed by atoms with van der Waals surface area (Å²) in [6.07, 6.45) is 1.68. The molecule has 2 heterocycles. The van der Waals surface area contributed by atoms with Gasteiger partial charge in [0.25, 0.3) is 5.91 Å². The monoisotopic (exact) mass is 594 g/mol. The predicted octanol–water partition coefficient (Wildman–Crippen LogP) is 1.11. The summed E-state index contributed by atoms with van der Waals surface area (Å²) in [5.41, 5.74) is 0.936. The third-order valence-corrected chi connectivity index (χ3v) is 6.94. The highest BCUT2D eigenvalue weighted by Gasteiger charge is 2.33. The highest BCUT2D eigenvalue weighted by atomic mass is 16.5. The second-order valence-corrected chi connectivity index (χ2v) is 11.3. The number of aromatic nitrogens is 1. The molecular formula is C31H42N6O6. The number of nitrogens with one attached hydrogen (secondary N) is 5. The normalized spacial score (nSPS) is 22.3. The largest absolute Gasteiger partial charge is 0.491 e. The van der Waals surface area contributed by atoms with E-state index in [9.17, 15) is 24.0 Å². The molecule has 12 heteroatoms. The average molecular weight is 595 g/mol. The number of pyridine rings is 1. The van der Waals surface area contributed by atoms with Crippen LogP contribution in [0.1, 0.15) is 57.1 Å². The summed E-state index contributed by atoms with van der Waals surface area (Å²) < 4.78 is 5.89. The lowest BCUT2D eigenvalue weighted by Crippen LogP contribution is -2.58. The van der Waals surface area contributed by atoms with Crippen molar-refractivity contribution in [1.82, 2.24) is 31.6 Å². The molecule has 43 heavy (non-hydrogen) atoms. The summed E-state index contributed by atoms with van der Waals surface area (Å²) in [6, 6.07) is 8.41. The molecule has 0 spiro atoms. The number of hydrogen-bond donors (Lipinski definition) is 5. The van der Waals surface area contributed by atoms with Gasteiger partial charge in [-0.2, -0.15) is 0 Å². The highest BCUT2D eigenvalue weighted by Crippen LogP contribution is 2.19. The molecule has 1 aromatic heterocycles. The Hall–Kier alpha value is -4.48. The molecule has 0 radical (unpaired) electrons. The van der Waals surface area contributed by atoms with Crippen LogP contribution in [0.3, 0.4) is 0 Å². The smallest absolute Gasteiger partial charge is 0.255 e. The minimum absolute atomic E-state index is 0.0426. The van der Waals surface area contributed by atoms with Gasteiger partial charge in [0.1, 0.15) is 30.5 Å². The molecule has 3 rings (SSSR count). The van der Waals surface area contributed by atoms with Gasteiger partial charge in [-0.3, -0.25) is 29.0 Å². The maximum atomic E-state index is 13.4. The van der Waals surface area contributed by atoms with Gasteiger partial charge in [-0.25, -0.2) is 0 Å². The van der Waals surface area contributed by atoms with Crippen LogP contribution in [-0.2, 0) is 25.6 Å². The molecule has 1 aliphatic rings. The minimum atomic E-state index is -1.25. The number of carbonyl (C=O) groups is 5. The van der Waals surface area contributed by atoms with Crippen LogP contribution in [0.5, 0.6) is 5.75 Å². The molecule has 0 saturated heterocycles. The molecule has 1 aliphatic heterocycles. The van der Waals surface area contributed by atoms with Gasteiger partial charge in [-0.1, -0.05) is 45.9 Å². The van der Waals surface area contributed by atoms with Crippen molar-refractivity contribution < 1.29 is 28.7 Å². The lowest BCUT2D eigenvalue weighted by atomic mass is 9.99. The Bertz CT molecular complexity index is 1280. The van der Waals surface area contributed by atoms with Gasteiger partial charge in [-0.05, 0) is 43.0 Å². The molecule has 5 N–H and O–H groups in total. The van der Waals surface area contributed by atoms with Crippen molar-refractivity contribution in [3.05, 3.63) is 59.9 Å². The zero-order valence-corrected chi connectivity index (χ0v) is 25.3. The third kappa shape index (κ3) is 9.79. The van der Waals surface area contributed by atoms with E-state index in [-0.39, 0.29) is 36.3 Å². The second-order valence-electron chi connectivity index (χ2n) is 11.3. The molecule has 12 nitrogen and oxygen atoms in total. The van der Waals surface area contributed by atoms with E-state index in [4.69, 9.17) is 4.74 Å². The van der Waals surface area contributed by atoms with E-state index in [2.05, 4.69) is 31.6 Å². The fourth-order valence-corrected chi connectivity index (χ4v) is 4.53. The topological polar surface area (TPSA) is 168 Å². The fourth-order valence-electron chi connectivity index (χ4n) is 4.53. The molecule has 232 valence electrons. The molecule has 0 saturated carbocycles. The molecule has 0 aliphatic carbocycles. The summed E-state index contributed by atoms with van der Waals surface area (Å²) in [7, 11) is 0. The van der Waals surface area contributed by atoms with Crippen LogP contribution in [0.2, 0.25) is 0 Å². The number of benzene rings is 1. The fraction of sp³-hybridized carbons (Fsp3) is 0.484. The molecule has 0 bridgehead atoms. The van der Waals surface area contributed by atoms with E-state index in [0.29, 0.717) is 6.42 Å². The van der Waals surface area contributed by atoms with Crippen LogP contribution in [0.15, 0.2) is 48.7 Å². The average Bonchev–Trinajstić information content (AvgIpc) is 2.96. The number of amides is 5. The van der Waals surface area contributed by atoms with Crippen molar-refractivity contribution in [1.29, 1.82) is 0 Å². The first-order chi connectivity index (χ1) is 20.5. The predicted molar refractivity (Wildman–Crippen MR) is 160 cm³/mol. The van der Waals surface area contributed by atoms with E-state index >= 15 is 0 Å². The van der Waals surface area contributed by atoms with E-state index in [1.807, 2.05) is 26.0 Å². The van der Waals surface area contributed by atoms with E-state index in [1.54, 1.807) is 57.3 Å². The van der Waals surface area contributed by atoms with Gasteiger partial charge in [0.15, 0.2) is 0 Å². The number of rotatable bonds is 6. The van der Waals surface area contributed by atoms with Gasteiger partial charge in [0, 0.05) is 24.9 Å². The zero-order valence-electron chi connectivity index (χ0n) is 25.3. The first kappa shape index (κ1) is 33.0. The Labute approximate surface area is 252 Å². The van der Waals surface area contributed by atoms with Crippen molar-refractivity contribution in [3.63, 3.8) is 0 Å². The van der Waals surface area contributed by atoms with Crippen molar-refractivity contribution in [2.45, 2.75) is 71.6 Å². The zero-order chi connectivity index (χ0) is 31.5. The molecule has 5 amide bonds. The number of ether oxygens (including phenoxy) is 1. The van der Waals surface area contributed by atoms with Crippen molar-refractivity contribution in [3.8, 4) is 5.75 Å². The third-order valence-electron chi connectivity index (χ3n) is 6.94. The van der Waals surface area contributed by atoms with E-state index < -0.39 is 60.1 Å². The van der Waals surface area contributed by atoms with Gasteiger partial charge in [-0.15, -0.1) is 0 Å². The maximum absolute atomic E-state index is 13.4. The van der Waals surface area contributed by atoms with Gasteiger partial charge in [0.2, 0.25) is 23.6 Å². The van der Waals surface area contributed by atoms with Crippen LogP contribution in [0, 0.1) is 11.8 Å². The molecule has 1 aromatic carbocycles. The molecular weight excluding hydrogens is 552 g/mol. The second kappa shape index (κ2) is 15.7. The van der Waals surface area contributed by atoms with Gasteiger partial charge < -0.3 is 31.3 Å². The van der Waals surface area contributed by atoms with Crippen molar-refractivity contribution in [2.24, 2.45) is 11.8 Å². The van der Waals surface area contributed by atoms with Gasteiger partial charge >= 0.3 is 0 Å². The minimum Gasteiger partial charge on any atom is -0.491 e. The van der Waals surface area contributed by atoms with Crippen molar-refractivity contribution in [2.75, 3.05) is 13.2 Å². The summed E-state index contributed by atoms with van der Waals surface area (Å²) in [6.45, 7) is 9.16. The van der Waals surface area contributed by atoms with Crippen LogP contribution in [0.25, 0.3) is 0 Å². The maximum Gasteiger partial charge on any atom is 0.255 e. The first-order valence-corrected chi connectivity index (χ1v) is 14.6. The summed E-state index contributed by atoms with van der Waals surface area (Å²) in [5, 5.41) is 13.8. The van der Waals surface area contributed by atoms with Crippen LogP contribution in [0.4, 0.5) is 0 Å². The Kier molecular flexibility index (Phi) is 12.0. The Morgan fingerprint density at radius 3 is 2.23 bits per heavy atom. The molecule has 2 aromatic rings. The quantitative estimate of drug-likeness (QED) is 0.334. The number of hydrogen-bond acceptors (Lipinski definition) is 7.